The fourth-order valence-corrected chi connectivity index (χ4v) is 5.45. The maximum atomic E-state index is 12.5. The Hall–Kier alpha value is -1.94. The molecule has 12 heteroatoms. The van der Waals surface area contributed by atoms with Gasteiger partial charge in [0.2, 0.25) is 11.7 Å². The van der Waals surface area contributed by atoms with E-state index in [-0.39, 0.29) is 11.9 Å². The third kappa shape index (κ3) is 5.42. The van der Waals surface area contributed by atoms with Gasteiger partial charge >= 0.3 is 0 Å². The number of rotatable bonds is 10. The van der Waals surface area contributed by atoms with Crippen LogP contribution in [-0.4, -0.2) is 67.8 Å². The Bertz CT molecular complexity index is 1000. The molecule has 1 atom stereocenters. The minimum Gasteiger partial charge on any atom is -0.493 e. The van der Waals surface area contributed by atoms with Gasteiger partial charge in [-0.15, -0.1) is 23.2 Å². The smallest absolute Gasteiger partial charge is 0.240 e. The number of carbonyl (C=O) groups excluding carboxylic acids is 1. The van der Waals surface area contributed by atoms with Crippen LogP contribution < -0.4 is 19.1 Å². The van der Waals surface area contributed by atoms with Gasteiger partial charge in [0.15, 0.2) is 16.6 Å². The number of hydrogen-bond acceptors (Lipinski definition) is 8. The van der Waals surface area contributed by atoms with E-state index in [0.717, 1.165) is 10.4 Å². The summed E-state index contributed by atoms with van der Waals surface area (Å²) >= 11 is 19.8. The van der Waals surface area contributed by atoms with Gasteiger partial charge in [-0.3, -0.25) is 4.79 Å². The molecule has 0 radical (unpaired) electrons. The van der Waals surface area contributed by atoms with Gasteiger partial charge in [0.25, 0.3) is 0 Å². The number of ether oxygens (including phenoxy) is 3. The molecule has 0 saturated heterocycles. The molecular formula is C21H25Cl3N4O4S. The summed E-state index contributed by atoms with van der Waals surface area (Å²) in [5.41, 5.74) is 1.45. The van der Waals surface area contributed by atoms with Crippen LogP contribution in [0.15, 0.2) is 17.2 Å². The number of anilines is 1. The van der Waals surface area contributed by atoms with E-state index in [9.17, 15) is 4.79 Å². The molecule has 2 heterocycles. The first-order valence-electron chi connectivity index (χ1n) is 10.1. The van der Waals surface area contributed by atoms with Crippen LogP contribution >= 0.6 is 46.1 Å². The lowest BCUT2D eigenvalue weighted by molar-refractivity contribution is -0.130. The number of nitrogens with zero attached hydrogens (tertiary/aromatic N) is 4. The fraction of sp³-hybridized carbons (Fsp3) is 0.476. The van der Waals surface area contributed by atoms with Crippen LogP contribution in [0.3, 0.4) is 0 Å². The van der Waals surface area contributed by atoms with Gasteiger partial charge < -0.3 is 19.1 Å². The van der Waals surface area contributed by atoms with Crippen LogP contribution in [0.5, 0.6) is 17.2 Å². The maximum Gasteiger partial charge on any atom is 0.240 e. The van der Waals surface area contributed by atoms with Gasteiger partial charge in [-0.1, -0.05) is 22.9 Å². The zero-order chi connectivity index (χ0) is 24.1. The minimum absolute atomic E-state index is 0.202. The van der Waals surface area contributed by atoms with E-state index >= 15 is 0 Å². The second-order valence-corrected chi connectivity index (χ2v) is 9.18. The average molecular weight is 536 g/mol. The second kappa shape index (κ2) is 11.5. The minimum atomic E-state index is -0.385. The molecule has 1 aliphatic heterocycles. The van der Waals surface area contributed by atoms with Crippen molar-refractivity contribution < 1.29 is 19.0 Å². The van der Waals surface area contributed by atoms with Gasteiger partial charge in [0, 0.05) is 43.8 Å². The number of aromatic nitrogens is 1. The highest BCUT2D eigenvalue weighted by atomic mass is 35.5. The molecule has 0 aliphatic carbocycles. The van der Waals surface area contributed by atoms with Crippen LogP contribution in [-0.2, 0) is 4.79 Å². The number of thiazole rings is 1. The van der Waals surface area contributed by atoms with Crippen molar-refractivity contribution in [1.82, 2.24) is 9.99 Å². The maximum absolute atomic E-state index is 12.5. The lowest BCUT2D eigenvalue weighted by Gasteiger charge is -2.20. The Morgan fingerprint density at radius 2 is 1.76 bits per heavy atom. The molecule has 2 aromatic rings. The Morgan fingerprint density at radius 1 is 1.15 bits per heavy atom. The summed E-state index contributed by atoms with van der Waals surface area (Å²) in [7, 11) is 4.64. The predicted molar refractivity (Wildman–Crippen MR) is 133 cm³/mol. The van der Waals surface area contributed by atoms with Crippen molar-refractivity contribution in [2.45, 2.75) is 19.4 Å². The van der Waals surface area contributed by atoms with E-state index in [2.05, 4.69) is 10.1 Å². The summed E-state index contributed by atoms with van der Waals surface area (Å²) in [6, 6.07) is 3.23. The normalized spacial score (nSPS) is 15.4. The Morgan fingerprint density at radius 3 is 2.24 bits per heavy atom. The first-order chi connectivity index (χ1) is 15.9. The van der Waals surface area contributed by atoms with Crippen molar-refractivity contribution in [2.75, 3.05) is 51.1 Å². The summed E-state index contributed by atoms with van der Waals surface area (Å²) in [5.74, 6) is 2.15. The topological polar surface area (TPSA) is 76.5 Å². The van der Waals surface area contributed by atoms with Gasteiger partial charge in [-0.05, 0) is 12.1 Å². The van der Waals surface area contributed by atoms with E-state index in [1.165, 1.54) is 23.3 Å². The molecule has 1 amide bonds. The molecule has 1 aliphatic rings. The number of halogens is 3. The molecule has 180 valence electrons. The van der Waals surface area contributed by atoms with E-state index in [1.807, 2.05) is 17.0 Å². The molecule has 1 aromatic heterocycles. The van der Waals surface area contributed by atoms with Crippen molar-refractivity contribution in [3.8, 4) is 17.2 Å². The molecule has 0 fully saturated rings. The number of carbonyl (C=O) groups is 1. The SMILES string of the molecule is COc1cc(C2=NN(C(C)=O)C(c3sc(N(CCCl)CCCl)nc3Cl)C2)cc(OC)c1OC. The number of methoxy groups -OCH3 is 3. The third-order valence-electron chi connectivity index (χ3n) is 5.11. The molecule has 3 rings (SSSR count). The van der Waals surface area contributed by atoms with Crippen LogP contribution in [0.1, 0.15) is 29.8 Å². The molecule has 0 saturated carbocycles. The zero-order valence-electron chi connectivity index (χ0n) is 18.7. The lowest BCUT2D eigenvalue weighted by Crippen LogP contribution is -2.27. The van der Waals surface area contributed by atoms with Crippen LogP contribution in [0, 0.1) is 0 Å². The molecule has 1 unspecified atom stereocenters. The van der Waals surface area contributed by atoms with Crippen molar-refractivity contribution in [1.29, 1.82) is 0 Å². The molecule has 0 N–H and O–H groups in total. The van der Waals surface area contributed by atoms with Crippen LogP contribution in [0.2, 0.25) is 5.15 Å². The highest BCUT2D eigenvalue weighted by Crippen LogP contribution is 2.44. The predicted octanol–water partition coefficient (Wildman–Crippen LogP) is 4.80. The van der Waals surface area contributed by atoms with Crippen molar-refractivity contribution in [3.05, 3.63) is 27.7 Å². The highest BCUT2D eigenvalue weighted by Gasteiger charge is 2.36. The van der Waals surface area contributed by atoms with Gasteiger partial charge in [-0.2, -0.15) is 5.10 Å². The summed E-state index contributed by atoms with van der Waals surface area (Å²) in [4.78, 5) is 19.7. The van der Waals surface area contributed by atoms with E-state index in [0.29, 0.717) is 64.5 Å². The fourth-order valence-electron chi connectivity index (χ4n) is 3.58. The third-order valence-corrected chi connectivity index (χ3v) is 7.07. The monoisotopic (exact) mass is 534 g/mol. The molecular weight excluding hydrogens is 511 g/mol. The molecule has 33 heavy (non-hydrogen) atoms. The van der Waals surface area contributed by atoms with E-state index in [4.69, 9.17) is 49.0 Å². The molecule has 8 nitrogen and oxygen atoms in total. The summed E-state index contributed by atoms with van der Waals surface area (Å²) in [6.07, 6.45) is 0.449. The van der Waals surface area contributed by atoms with Gasteiger partial charge in [0.1, 0.15) is 5.15 Å². The quantitative estimate of drug-likeness (QED) is 0.407. The number of amides is 1. The second-order valence-electron chi connectivity index (χ2n) is 7.06. The van der Waals surface area contributed by atoms with Crippen molar-refractivity contribution >= 4 is 62.9 Å². The number of benzene rings is 1. The Balaban J connectivity index is 1.98. The van der Waals surface area contributed by atoms with Crippen molar-refractivity contribution in [2.24, 2.45) is 5.10 Å². The molecule has 0 spiro atoms. The van der Waals surface area contributed by atoms with Crippen molar-refractivity contribution in [3.63, 3.8) is 0 Å². The van der Waals surface area contributed by atoms with E-state index in [1.54, 1.807) is 21.3 Å². The molecule has 1 aromatic carbocycles. The number of hydrogen-bond donors (Lipinski definition) is 0. The van der Waals surface area contributed by atoms with E-state index < -0.39 is 0 Å². The summed E-state index contributed by atoms with van der Waals surface area (Å²) in [6.45, 7) is 2.65. The first-order valence-corrected chi connectivity index (χ1v) is 12.4. The number of alkyl halides is 2. The van der Waals surface area contributed by atoms with Crippen LogP contribution in [0.25, 0.3) is 0 Å². The summed E-state index contributed by atoms with van der Waals surface area (Å²) < 4.78 is 16.3. The van der Waals surface area contributed by atoms with Gasteiger partial charge in [0.05, 0.1) is 38.0 Å². The average Bonchev–Trinajstić information content (AvgIpc) is 3.41. The lowest BCUT2D eigenvalue weighted by atomic mass is 10.0. The number of hydrazone groups is 1. The first kappa shape index (κ1) is 25.7. The Labute approximate surface area is 212 Å². The van der Waals surface area contributed by atoms with Gasteiger partial charge in [-0.25, -0.2) is 9.99 Å². The zero-order valence-corrected chi connectivity index (χ0v) is 21.8. The molecule has 0 bridgehead atoms. The van der Waals surface area contributed by atoms with Crippen LogP contribution in [0.4, 0.5) is 5.13 Å². The largest absolute Gasteiger partial charge is 0.493 e. The Kier molecular flexibility index (Phi) is 8.92. The standard InChI is InChI=1S/C21H25Cl3N4O4S/c1-12(29)28-15(19-20(24)25-21(33-19)27(7-5-22)8-6-23)11-14(26-28)13-9-16(30-2)18(32-4)17(10-13)31-3/h9-10,15H,5-8,11H2,1-4H3. The summed E-state index contributed by atoms with van der Waals surface area (Å²) in [5, 5.41) is 7.09. The highest BCUT2D eigenvalue weighted by molar-refractivity contribution is 7.16.